The molecule has 2 rings (SSSR count). The van der Waals surface area contributed by atoms with Crippen LogP contribution in [-0.4, -0.2) is 0 Å². The second-order valence-electron chi connectivity index (χ2n) is 4.10. The smallest absolute Gasteiger partial charge is 0.0990 e. The Balaban J connectivity index is 2.49. The molecule has 18 heavy (non-hydrogen) atoms. The van der Waals surface area contributed by atoms with E-state index >= 15 is 0 Å². The first kappa shape index (κ1) is 14.9. The fraction of sp³-hybridized carbons (Fsp3) is 0.231. The van der Waals surface area contributed by atoms with Crippen LogP contribution in [0.2, 0.25) is 8.67 Å². The number of halogens is 4. The maximum atomic E-state index is 6.21. The summed E-state index contributed by atoms with van der Waals surface area (Å²) in [4.78, 5) is 0.0700. The molecular formula is C13H10Br2Cl2S. The minimum absolute atomic E-state index is 0.0700. The largest absolute Gasteiger partial charge is 0.111 e. The molecule has 0 bridgehead atoms. The zero-order valence-corrected chi connectivity index (χ0v) is 15.2. The molecule has 0 amide bonds. The first-order chi connectivity index (χ1) is 8.40. The molecule has 0 saturated carbocycles. The predicted octanol–water partition coefficient (Wildman–Crippen LogP) is 6.92. The monoisotopic (exact) mass is 426 g/mol. The number of alkyl halides is 1. The predicted molar refractivity (Wildman–Crippen MR) is 88.7 cm³/mol. The van der Waals surface area contributed by atoms with Crippen molar-refractivity contribution in [2.75, 3.05) is 0 Å². The highest BCUT2D eigenvalue weighted by Gasteiger charge is 2.19. The van der Waals surface area contributed by atoms with Crippen LogP contribution in [0.3, 0.4) is 0 Å². The van der Waals surface area contributed by atoms with Crippen molar-refractivity contribution in [1.82, 2.24) is 0 Å². The minimum Gasteiger partial charge on any atom is -0.111 e. The van der Waals surface area contributed by atoms with E-state index in [1.807, 2.05) is 6.07 Å². The van der Waals surface area contributed by atoms with Crippen LogP contribution < -0.4 is 0 Å². The number of benzene rings is 1. The summed E-state index contributed by atoms with van der Waals surface area (Å²) in [5, 5.41) is 0. The molecule has 0 radical (unpaired) electrons. The Labute approximate surface area is 138 Å². The van der Waals surface area contributed by atoms with E-state index in [9.17, 15) is 0 Å². The molecule has 0 N–H and O–H groups in total. The Bertz CT molecular complexity index is 593. The first-order valence-corrected chi connectivity index (χ1v) is 8.53. The van der Waals surface area contributed by atoms with Gasteiger partial charge in [-0.05, 0) is 42.7 Å². The van der Waals surface area contributed by atoms with Crippen molar-refractivity contribution < 1.29 is 0 Å². The van der Waals surface area contributed by atoms with Crippen LogP contribution in [0.5, 0.6) is 0 Å². The molecule has 2 aromatic rings. The minimum atomic E-state index is 0.0700. The maximum Gasteiger partial charge on any atom is 0.0990 e. The lowest BCUT2D eigenvalue weighted by Crippen LogP contribution is -1.96. The van der Waals surface area contributed by atoms with Crippen LogP contribution in [0.15, 0.2) is 22.7 Å². The highest BCUT2D eigenvalue weighted by atomic mass is 79.9. The third kappa shape index (κ3) is 2.96. The number of thiophene rings is 1. The molecule has 0 aliphatic heterocycles. The van der Waals surface area contributed by atoms with Crippen LogP contribution in [-0.2, 0) is 0 Å². The van der Waals surface area contributed by atoms with Gasteiger partial charge in [0.1, 0.15) is 0 Å². The lowest BCUT2D eigenvalue weighted by molar-refractivity contribution is 1.14. The number of hydrogen-bond donors (Lipinski definition) is 0. The molecule has 0 aliphatic carbocycles. The van der Waals surface area contributed by atoms with Gasteiger partial charge in [0.25, 0.3) is 0 Å². The number of hydrogen-bond acceptors (Lipinski definition) is 1. The van der Waals surface area contributed by atoms with Crippen LogP contribution in [0.25, 0.3) is 0 Å². The summed E-state index contributed by atoms with van der Waals surface area (Å²) in [6.45, 7) is 4.17. The molecule has 0 spiro atoms. The van der Waals surface area contributed by atoms with Crippen molar-refractivity contribution in [2.45, 2.75) is 18.7 Å². The summed E-state index contributed by atoms with van der Waals surface area (Å²) in [6, 6.07) is 6.21. The summed E-state index contributed by atoms with van der Waals surface area (Å²) in [5.74, 6) is 0. The van der Waals surface area contributed by atoms with Crippen molar-refractivity contribution in [2.24, 2.45) is 0 Å². The Hall–Kier alpha value is 0.460. The second-order valence-corrected chi connectivity index (χ2v) is 8.16. The van der Waals surface area contributed by atoms with Gasteiger partial charge in [0.05, 0.1) is 13.5 Å². The Morgan fingerprint density at radius 2 is 1.72 bits per heavy atom. The molecule has 1 aromatic carbocycles. The van der Waals surface area contributed by atoms with Crippen molar-refractivity contribution in [3.8, 4) is 0 Å². The van der Waals surface area contributed by atoms with Gasteiger partial charge < -0.3 is 0 Å². The lowest BCUT2D eigenvalue weighted by Gasteiger charge is -2.14. The molecular weight excluding hydrogens is 419 g/mol. The summed E-state index contributed by atoms with van der Waals surface area (Å²) < 4.78 is 2.57. The van der Waals surface area contributed by atoms with E-state index < -0.39 is 0 Å². The summed E-state index contributed by atoms with van der Waals surface area (Å²) >= 11 is 20.9. The van der Waals surface area contributed by atoms with E-state index in [4.69, 9.17) is 23.2 Å². The van der Waals surface area contributed by atoms with Gasteiger partial charge in [0.2, 0.25) is 0 Å². The van der Waals surface area contributed by atoms with E-state index in [0.29, 0.717) is 4.34 Å². The van der Waals surface area contributed by atoms with Crippen molar-refractivity contribution in [3.63, 3.8) is 0 Å². The highest BCUT2D eigenvalue weighted by Crippen LogP contribution is 2.43. The molecule has 1 heterocycles. The van der Waals surface area contributed by atoms with Gasteiger partial charge in [0.15, 0.2) is 0 Å². The van der Waals surface area contributed by atoms with E-state index in [1.54, 1.807) is 0 Å². The molecule has 1 atom stereocenters. The molecule has 1 aromatic heterocycles. The van der Waals surface area contributed by atoms with Gasteiger partial charge in [-0.3, -0.25) is 0 Å². The quantitative estimate of drug-likeness (QED) is 0.455. The Morgan fingerprint density at radius 1 is 1.06 bits per heavy atom. The first-order valence-electron chi connectivity index (χ1n) is 5.25. The van der Waals surface area contributed by atoms with E-state index in [2.05, 4.69) is 57.8 Å². The fourth-order valence-electron chi connectivity index (χ4n) is 1.77. The number of rotatable bonds is 2. The summed E-state index contributed by atoms with van der Waals surface area (Å²) in [6.07, 6.45) is 0. The van der Waals surface area contributed by atoms with Gasteiger partial charge >= 0.3 is 0 Å². The van der Waals surface area contributed by atoms with Gasteiger partial charge in [-0.2, -0.15) is 0 Å². The molecule has 0 aliphatic rings. The van der Waals surface area contributed by atoms with Crippen LogP contribution in [0.1, 0.15) is 27.1 Å². The van der Waals surface area contributed by atoms with Crippen molar-refractivity contribution in [3.05, 3.63) is 53.6 Å². The highest BCUT2D eigenvalue weighted by molar-refractivity contribution is 9.10. The lowest BCUT2D eigenvalue weighted by atomic mass is 10.00. The topological polar surface area (TPSA) is 0 Å². The molecule has 1 unspecified atom stereocenters. The second kappa shape index (κ2) is 5.84. The molecule has 5 heteroatoms. The summed E-state index contributed by atoms with van der Waals surface area (Å²) in [5.41, 5.74) is 4.66. The molecule has 0 saturated heterocycles. The van der Waals surface area contributed by atoms with E-state index in [-0.39, 0.29) is 4.83 Å². The normalized spacial score (nSPS) is 12.8. The van der Waals surface area contributed by atoms with Gasteiger partial charge in [-0.25, -0.2) is 0 Å². The average molecular weight is 429 g/mol. The zero-order valence-electron chi connectivity index (χ0n) is 9.73. The van der Waals surface area contributed by atoms with Crippen molar-refractivity contribution in [1.29, 1.82) is 0 Å². The average Bonchev–Trinajstić information content (AvgIpc) is 2.62. The fourth-order valence-corrected chi connectivity index (χ4v) is 4.90. The molecule has 0 nitrogen and oxygen atoms in total. The third-order valence-electron chi connectivity index (χ3n) is 2.78. The molecule has 0 fully saturated rings. The Morgan fingerprint density at radius 3 is 2.28 bits per heavy atom. The van der Waals surface area contributed by atoms with Crippen LogP contribution >= 0.6 is 66.4 Å². The van der Waals surface area contributed by atoms with Gasteiger partial charge in [-0.1, -0.05) is 61.1 Å². The maximum absolute atomic E-state index is 6.21. The van der Waals surface area contributed by atoms with Crippen LogP contribution in [0.4, 0.5) is 0 Å². The SMILES string of the molecule is Cc1cc(C(Br)c2cc(Cl)sc2Cl)c(C)cc1Br. The van der Waals surface area contributed by atoms with Crippen LogP contribution in [0, 0.1) is 13.8 Å². The van der Waals surface area contributed by atoms with Crippen molar-refractivity contribution >= 4 is 66.4 Å². The zero-order chi connectivity index (χ0) is 13.4. The summed E-state index contributed by atoms with van der Waals surface area (Å²) in [7, 11) is 0. The van der Waals surface area contributed by atoms with Gasteiger partial charge in [-0.15, -0.1) is 11.3 Å². The van der Waals surface area contributed by atoms with E-state index in [1.165, 1.54) is 28.0 Å². The van der Waals surface area contributed by atoms with E-state index in [0.717, 1.165) is 14.4 Å². The van der Waals surface area contributed by atoms with Gasteiger partial charge in [0, 0.05) is 10.0 Å². The number of aryl methyl sites for hydroxylation is 2. The standard InChI is InChI=1S/C13H10Br2Cl2S/c1-6-4-10(14)7(2)3-8(6)12(15)9-5-11(16)18-13(9)17/h3-5,12H,1-2H3. The molecule has 96 valence electrons. The third-order valence-corrected chi connectivity index (χ3v) is 6.14. The Kier molecular flexibility index (Phi) is 4.82.